The number of nitrogens with one attached hydrogen (secondary N) is 2. The molecule has 27 heavy (non-hydrogen) atoms. The Hall–Kier alpha value is -3.34. The summed E-state index contributed by atoms with van der Waals surface area (Å²) < 4.78 is 5.95. The number of ether oxygens (including phenoxy) is 1. The summed E-state index contributed by atoms with van der Waals surface area (Å²) in [6, 6.07) is 20.9. The van der Waals surface area contributed by atoms with Crippen LogP contribution in [0.2, 0.25) is 0 Å². The highest BCUT2D eigenvalue weighted by Crippen LogP contribution is 2.30. The molecule has 5 heteroatoms. The van der Waals surface area contributed by atoms with Crippen LogP contribution in [-0.4, -0.2) is 16.9 Å². The zero-order chi connectivity index (χ0) is 19.1. The van der Waals surface area contributed by atoms with E-state index in [9.17, 15) is 4.79 Å². The highest BCUT2D eigenvalue weighted by molar-refractivity contribution is 5.94. The zero-order valence-corrected chi connectivity index (χ0v) is 15.5. The fraction of sp³-hybridized carbons (Fsp3) is 0.182. The number of carbonyl (C=O) groups is 1. The summed E-state index contributed by atoms with van der Waals surface area (Å²) in [6.07, 6.45) is 2.46. The van der Waals surface area contributed by atoms with E-state index in [1.54, 1.807) is 18.3 Å². The molecule has 0 saturated heterocycles. The third kappa shape index (κ3) is 5.07. The normalized spacial score (nSPS) is 11.5. The number of rotatable bonds is 7. The van der Waals surface area contributed by atoms with E-state index in [1.807, 2.05) is 68.4 Å². The van der Waals surface area contributed by atoms with Crippen LogP contribution < -0.4 is 15.4 Å². The van der Waals surface area contributed by atoms with E-state index in [4.69, 9.17) is 4.74 Å². The number of nitrogens with zero attached hydrogens (tertiary/aromatic N) is 1. The lowest BCUT2D eigenvalue weighted by atomic mass is 10.2. The second-order valence-electron chi connectivity index (χ2n) is 6.25. The number of para-hydroxylation sites is 3. The quantitative estimate of drug-likeness (QED) is 0.611. The number of carbonyl (C=O) groups excluding carboxylic acids is 1. The zero-order valence-electron chi connectivity index (χ0n) is 15.5. The summed E-state index contributed by atoms with van der Waals surface area (Å²) in [5, 5.41) is 6.18. The lowest BCUT2D eigenvalue weighted by molar-refractivity contribution is 0.0939. The van der Waals surface area contributed by atoms with Crippen LogP contribution in [-0.2, 0) is 0 Å². The minimum atomic E-state index is -0.115. The van der Waals surface area contributed by atoms with Gasteiger partial charge < -0.3 is 15.4 Å². The molecule has 1 atom stereocenters. The number of anilines is 2. The number of aromatic nitrogens is 1. The van der Waals surface area contributed by atoms with E-state index in [1.165, 1.54) is 0 Å². The van der Waals surface area contributed by atoms with Crippen LogP contribution in [0.15, 0.2) is 72.9 Å². The van der Waals surface area contributed by atoms with Crippen molar-refractivity contribution in [3.05, 3.63) is 78.5 Å². The van der Waals surface area contributed by atoms with Gasteiger partial charge in [-0.05, 0) is 49.7 Å². The minimum Gasteiger partial charge on any atom is -0.455 e. The third-order valence-corrected chi connectivity index (χ3v) is 4.14. The van der Waals surface area contributed by atoms with Crippen molar-refractivity contribution in [3.63, 3.8) is 0 Å². The lowest BCUT2D eigenvalue weighted by Gasteiger charge is -2.13. The van der Waals surface area contributed by atoms with Gasteiger partial charge in [0, 0.05) is 12.2 Å². The monoisotopic (exact) mass is 361 g/mol. The number of pyridine rings is 1. The molecule has 0 radical (unpaired) electrons. The Bertz CT molecular complexity index is 880. The Morgan fingerprint density at radius 2 is 1.78 bits per heavy atom. The van der Waals surface area contributed by atoms with Gasteiger partial charge in [0.1, 0.15) is 11.6 Å². The summed E-state index contributed by atoms with van der Waals surface area (Å²) in [4.78, 5) is 16.5. The van der Waals surface area contributed by atoms with Gasteiger partial charge in [-0.15, -0.1) is 0 Å². The average molecular weight is 361 g/mol. The van der Waals surface area contributed by atoms with Gasteiger partial charge in [-0.2, -0.15) is 0 Å². The van der Waals surface area contributed by atoms with Crippen LogP contribution in [0.4, 0.5) is 11.5 Å². The third-order valence-electron chi connectivity index (χ3n) is 4.14. The molecule has 1 amide bonds. The van der Waals surface area contributed by atoms with Crippen LogP contribution in [0.25, 0.3) is 0 Å². The van der Waals surface area contributed by atoms with Gasteiger partial charge in [-0.3, -0.25) is 4.79 Å². The van der Waals surface area contributed by atoms with Crippen molar-refractivity contribution in [2.45, 2.75) is 26.3 Å². The maximum absolute atomic E-state index is 12.1. The molecule has 1 heterocycles. The molecule has 0 aliphatic heterocycles. The van der Waals surface area contributed by atoms with E-state index in [0.717, 1.165) is 17.9 Å². The summed E-state index contributed by atoms with van der Waals surface area (Å²) in [6.45, 7) is 4.01. The maximum atomic E-state index is 12.1. The highest BCUT2D eigenvalue weighted by Gasteiger charge is 2.10. The van der Waals surface area contributed by atoms with Gasteiger partial charge >= 0.3 is 0 Å². The van der Waals surface area contributed by atoms with Crippen molar-refractivity contribution in [2.75, 3.05) is 5.32 Å². The van der Waals surface area contributed by atoms with Crippen LogP contribution >= 0.6 is 0 Å². The Morgan fingerprint density at radius 1 is 1.04 bits per heavy atom. The average Bonchev–Trinajstić information content (AvgIpc) is 2.70. The predicted molar refractivity (Wildman–Crippen MR) is 108 cm³/mol. The Morgan fingerprint density at radius 3 is 2.48 bits per heavy atom. The van der Waals surface area contributed by atoms with Crippen molar-refractivity contribution in [1.82, 2.24) is 10.3 Å². The molecule has 0 fully saturated rings. The first-order valence-corrected chi connectivity index (χ1v) is 9.01. The Kier molecular flexibility index (Phi) is 6.05. The van der Waals surface area contributed by atoms with Crippen molar-refractivity contribution in [1.29, 1.82) is 0 Å². The fourth-order valence-corrected chi connectivity index (χ4v) is 2.42. The number of amides is 1. The maximum Gasteiger partial charge on any atom is 0.253 e. The summed E-state index contributed by atoms with van der Waals surface area (Å²) in [7, 11) is 0. The van der Waals surface area contributed by atoms with Crippen molar-refractivity contribution >= 4 is 17.4 Å². The molecule has 1 aromatic heterocycles. The van der Waals surface area contributed by atoms with Crippen LogP contribution in [0.1, 0.15) is 30.6 Å². The second kappa shape index (κ2) is 8.85. The lowest BCUT2D eigenvalue weighted by Crippen LogP contribution is -2.31. The topological polar surface area (TPSA) is 63.2 Å². The van der Waals surface area contributed by atoms with E-state index >= 15 is 0 Å². The molecular formula is C22H23N3O2. The van der Waals surface area contributed by atoms with Crippen LogP contribution in [0, 0.1) is 0 Å². The number of benzene rings is 2. The molecule has 138 valence electrons. The summed E-state index contributed by atoms with van der Waals surface area (Å²) >= 11 is 0. The molecule has 3 rings (SSSR count). The Labute approximate surface area is 159 Å². The number of hydrogen-bond acceptors (Lipinski definition) is 4. The molecule has 0 bridgehead atoms. The molecule has 2 aromatic carbocycles. The van der Waals surface area contributed by atoms with E-state index < -0.39 is 0 Å². The molecule has 0 saturated carbocycles. The molecule has 0 aliphatic rings. The van der Waals surface area contributed by atoms with E-state index in [2.05, 4.69) is 15.6 Å². The van der Waals surface area contributed by atoms with Gasteiger partial charge in [0.05, 0.1) is 11.3 Å². The van der Waals surface area contributed by atoms with Crippen molar-refractivity contribution in [2.24, 2.45) is 0 Å². The molecular weight excluding hydrogens is 338 g/mol. The first-order valence-electron chi connectivity index (χ1n) is 9.01. The van der Waals surface area contributed by atoms with Gasteiger partial charge in [-0.25, -0.2) is 4.98 Å². The van der Waals surface area contributed by atoms with Gasteiger partial charge in [0.15, 0.2) is 5.75 Å². The minimum absolute atomic E-state index is 0.115. The van der Waals surface area contributed by atoms with Crippen LogP contribution in [0.3, 0.4) is 0 Å². The molecule has 0 spiro atoms. The molecule has 1 unspecified atom stereocenters. The van der Waals surface area contributed by atoms with E-state index in [-0.39, 0.29) is 11.9 Å². The van der Waals surface area contributed by atoms with Crippen molar-refractivity contribution in [3.8, 4) is 11.5 Å². The Balaban J connectivity index is 1.71. The largest absolute Gasteiger partial charge is 0.455 e. The molecule has 2 N–H and O–H groups in total. The number of hydrogen-bond donors (Lipinski definition) is 2. The van der Waals surface area contributed by atoms with E-state index in [0.29, 0.717) is 17.1 Å². The van der Waals surface area contributed by atoms with Crippen molar-refractivity contribution < 1.29 is 9.53 Å². The molecule has 3 aromatic rings. The first-order chi connectivity index (χ1) is 13.2. The fourth-order valence-electron chi connectivity index (χ4n) is 2.42. The second-order valence-corrected chi connectivity index (χ2v) is 6.25. The standard InChI is InChI=1S/C22H23N3O2/c1-3-16(2)24-22(26)17-13-14-21(23-15-17)25-19-11-7-8-12-20(19)27-18-9-5-4-6-10-18/h4-16H,3H2,1-2H3,(H,23,25)(H,24,26). The first kappa shape index (κ1) is 18.5. The van der Waals surface area contributed by atoms with Crippen LogP contribution in [0.5, 0.6) is 11.5 Å². The molecule has 5 nitrogen and oxygen atoms in total. The van der Waals surface area contributed by atoms with Gasteiger partial charge in [0.2, 0.25) is 0 Å². The highest BCUT2D eigenvalue weighted by atomic mass is 16.5. The van der Waals surface area contributed by atoms with Gasteiger partial charge in [-0.1, -0.05) is 37.3 Å². The van der Waals surface area contributed by atoms with Gasteiger partial charge in [0.25, 0.3) is 5.91 Å². The summed E-state index contributed by atoms with van der Waals surface area (Å²) in [5.41, 5.74) is 1.33. The SMILES string of the molecule is CCC(C)NC(=O)c1ccc(Nc2ccccc2Oc2ccccc2)nc1. The smallest absolute Gasteiger partial charge is 0.253 e. The summed E-state index contributed by atoms with van der Waals surface area (Å²) in [5.74, 6) is 1.98. The molecule has 0 aliphatic carbocycles. The predicted octanol–water partition coefficient (Wildman–Crippen LogP) is 5.15.